The maximum atomic E-state index is 14.3. The van der Waals surface area contributed by atoms with Gasteiger partial charge in [0, 0.05) is 29.3 Å². The molecule has 4 aromatic carbocycles. The molecule has 27 heteroatoms. The summed E-state index contributed by atoms with van der Waals surface area (Å²) in [5.74, 6) is -5.81. The number of amides is 8. The van der Waals surface area contributed by atoms with Crippen LogP contribution in [0.5, 0.6) is 23.0 Å². The summed E-state index contributed by atoms with van der Waals surface area (Å²) in [6.45, 7) is 1.33. The molecular weight excluding hydrogens is 1130 g/mol. The van der Waals surface area contributed by atoms with Gasteiger partial charge >= 0.3 is 5.97 Å². The van der Waals surface area contributed by atoms with Gasteiger partial charge in [-0.1, -0.05) is 12.8 Å². The van der Waals surface area contributed by atoms with Gasteiger partial charge in [0.15, 0.2) is 0 Å². The first-order chi connectivity index (χ1) is 41.8. The Bertz CT molecular complexity index is 2980. The molecule has 0 aliphatic carbocycles. The monoisotopic (exact) mass is 1210 g/mol. The molecule has 0 saturated carbocycles. The minimum atomic E-state index is -1.19. The molecule has 0 saturated heterocycles. The maximum Gasteiger partial charge on any atom is 0.305 e. The molecule has 4 rings (SSSR count). The molecule has 0 radical (unpaired) electrons. The number of carboxylic acid groups (broad SMARTS) is 1. The number of benzene rings is 4. The van der Waals surface area contributed by atoms with Crippen LogP contribution in [-0.4, -0.2) is 144 Å². The first kappa shape index (κ1) is 70.6. The minimum absolute atomic E-state index is 0.0212. The van der Waals surface area contributed by atoms with Gasteiger partial charge in [0.05, 0.1) is 63.2 Å². The summed E-state index contributed by atoms with van der Waals surface area (Å²) in [5.41, 5.74) is 29.7. The van der Waals surface area contributed by atoms with E-state index in [2.05, 4.69) is 42.5 Å². The zero-order chi connectivity index (χ0) is 63.8. The molecule has 0 bridgehead atoms. The molecule has 4 atom stereocenters. The number of rotatable bonds is 39. The molecule has 0 fully saturated rings. The van der Waals surface area contributed by atoms with E-state index in [1.165, 1.54) is 95.2 Å². The molecule has 474 valence electrons. The standard InChI is InChI=1S/C60H85N13O14/c1-84-48-22-19-37(32-40(48)53(76)66-31-26-52(74)75)68-58(81)45(15-7-11-28-62)72-55(78)42-34-39(21-24-50(42)86-3)70-60(83)47(17-9-13-30-64)73-56(79)43-35-38(20-25-51(43)87-4)69-59(82)46(16-8-12-29-63)71-54(77)41-33-36(18-23-49(41)85-2)67-57(80)44(65)14-6-5-10-27-61/h18-25,32-35,44-47H,5-17,26-31,61-65H2,1-4H3,(H,66,76)(H,67,80)(H,68,81)(H,69,82)(H,70,83)(H,71,77)(H,72,78)(H,73,79)(H,74,75)/t44-,45-,46-,47-/m0/s1. The van der Waals surface area contributed by atoms with Crippen LogP contribution >= 0.6 is 0 Å². The smallest absolute Gasteiger partial charge is 0.305 e. The summed E-state index contributed by atoms with van der Waals surface area (Å²) < 4.78 is 21.9. The number of hydrogen-bond acceptors (Lipinski definition) is 18. The zero-order valence-corrected chi connectivity index (χ0v) is 49.8. The Balaban J connectivity index is 1.54. The number of unbranched alkanes of at least 4 members (excludes halogenated alkanes) is 5. The Hall–Kier alpha value is -8.89. The third-order valence-electron chi connectivity index (χ3n) is 13.7. The van der Waals surface area contributed by atoms with Crippen LogP contribution in [0.3, 0.4) is 0 Å². The predicted molar refractivity (Wildman–Crippen MR) is 329 cm³/mol. The van der Waals surface area contributed by atoms with E-state index in [9.17, 15) is 43.2 Å². The summed E-state index contributed by atoms with van der Waals surface area (Å²) >= 11 is 0. The Morgan fingerprint density at radius 2 is 0.690 bits per heavy atom. The highest BCUT2D eigenvalue weighted by Crippen LogP contribution is 2.28. The largest absolute Gasteiger partial charge is 0.496 e. The van der Waals surface area contributed by atoms with E-state index in [0.717, 1.165) is 12.8 Å². The molecule has 19 N–H and O–H groups in total. The minimum Gasteiger partial charge on any atom is -0.496 e. The molecule has 87 heavy (non-hydrogen) atoms. The molecule has 8 amide bonds. The lowest BCUT2D eigenvalue weighted by atomic mass is 10.1. The van der Waals surface area contributed by atoms with Gasteiger partial charge in [-0.3, -0.25) is 43.2 Å². The number of aliphatic carboxylic acids is 1. The third-order valence-corrected chi connectivity index (χ3v) is 13.7. The third kappa shape index (κ3) is 22.8. The van der Waals surface area contributed by atoms with Crippen molar-refractivity contribution < 1.29 is 67.2 Å². The van der Waals surface area contributed by atoms with E-state index in [4.69, 9.17) is 52.7 Å². The first-order valence-corrected chi connectivity index (χ1v) is 28.8. The average Bonchev–Trinajstić information content (AvgIpc) is 3.64. The Morgan fingerprint density at radius 1 is 0.402 bits per heavy atom. The van der Waals surface area contributed by atoms with Crippen molar-refractivity contribution in [3.05, 3.63) is 95.1 Å². The molecule has 0 aromatic heterocycles. The maximum absolute atomic E-state index is 14.3. The summed E-state index contributed by atoms with van der Waals surface area (Å²) in [7, 11) is 5.39. The van der Waals surface area contributed by atoms with Crippen molar-refractivity contribution in [3.63, 3.8) is 0 Å². The molecule has 0 unspecified atom stereocenters. The second-order valence-corrected chi connectivity index (χ2v) is 20.2. The molecule has 0 heterocycles. The van der Waals surface area contributed by atoms with Crippen molar-refractivity contribution in [2.45, 2.75) is 114 Å². The highest BCUT2D eigenvalue weighted by Gasteiger charge is 2.29. The quantitative estimate of drug-likeness (QED) is 0.0285. The number of carboxylic acids is 1. The number of anilines is 4. The molecule has 0 spiro atoms. The van der Waals surface area contributed by atoms with Crippen molar-refractivity contribution in [1.29, 1.82) is 0 Å². The van der Waals surface area contributed by atoms with E-state index in [-0.39, 0.29) is 100 Å². The second kappa shape index (κ2) is 37.5. The van der Waals surface area contributed by atoms with Gasteiger partial charge in [-0.15, -0.1) is 0 Å². The van der Waals surface area contributed by atoms with Crippen LogP contribution < -0.4 is 90.2 Å². The highest BCUT2D eigenvalue weighted by molar-refractivity contribution is 6.07. The van der Waals surface area contributed by atoms with Crippen LogP contribution in [0.2, 0.25) is 0 Å². The summed E-state index contributed by atoms with van der Waals surface area (Å²) in [5, 5.41) is 30.9. The molecule has 27 nitrogen and oxygen atoms in total. The lowest BCUT2D eigenvalue weighted by Crippen LogP contribution is -2.44. The van der Waals surface area contributed by atoms with Gasteiger partial charge in [0.2, 0.25) is 23.6 Å². The lowest BCUT2D eigenvalue weighted by Gasteiger charge is -2.22. The van der Waals surface area contributed by atoms with Gasteiger partial charge in [-0.2, -0.15) is 0 Å². The van der Waals surface area contributed by atoms with Crippen molar-refractivity contribution in [2.24, 2.45) is 28.7 Å². The van der Waals surface area contributed by atoms with Gasteiger partial charge in [-0.25, -0.2) is 0 Å². The number of ether oxygens (including phenoxy) is 4. The van der Waals surface area contributed by atoms with Gasteiger partial charge in [-0.05, 0) is 170 Å². The van der Waals surface area contributed by atoms with Crippen LogP contribution in [-0.2, 0) is 24.0 Å². The van der Waals surface area contributed by atoms with Crippen LogP contribution in [0.15, 0.2) is 72.8 Å². The first-order valence-electron chi connectivity index (χ1n) is 28.8. The highest BCUT2D eigenvalue weighted by atomic mass is 16.5. The Morgan fingerprint density at radius 3 is 0.989 bits per heavy atom. The zero-order valence-electron chi connectivity index (χ0n) is 49.8. The molecule has 4 aromatic rings. The summed E-state index contributed by atoms with van der Waals surface area (Å²) in [6, 6.07) is 13.1. The van der Waals surface area contributed by atoms with Crippen LogP contribution in [0.4, 0.5) is 22.7 Å². The van der Waals surface area contributed by atoms with Crippen molar-refractivity contribution in [1.82, 2.24) is 21.3 Å². The molecule has 0 aliphatic rings. The van der Waals surface area contributed by atoms with E-state index in [0.29, 0.717) is 77.5 Å². The normalized spacial score (nSPS) is 12.2. The Labute approximate surface area is 506 Å². The van der Waals surface area contributed by atoms with Crippen LogP contribution in [0, 0.1) is 0 Å². The van der Waals surface area contributed by atoms with Gasteiger partial charge in [0.1, 0.15) is 41.1 Å². The Kier molecular flexibility index (Phi) is 30.4. The fourth-order valence-electron chi connectivity index (χ4n) is 8.96. The SMILES string of the molecule is COc1ccc(NC(=O)[C@H](CCCCN)NC(=O)c2cc(NC(=O)[C@H](CCCCN)NC(=O)c3cc(NC(=O)[C@H](CCCCN)NC(=O)c4cc(NC(=O)[C@@H](N)CCCCCN)ccc4OC)ccc3OC)ccc2OC)cc1C(=O)NCCC(=O)O. The van der Waals surface area contributed by atoms with E-state index >= 15 is 0 Å². The van der Waals surface area contributed by atoms with Gasteiger partial charge in [0.25, 0.3) is 23.6 Å². The number of carbonyl (C=O) groups excluding carboxylic acids is 8. The lowest BCUT2D eigenvalue weighted by molar-refractivity contribution is -0.137. The van der Waals surface area contributed by atoms with Gasteiger partial charge < -0.3 is 95.3 Å². The summed E-state index contributed by atoms with van der Waals surface area (Å²) in [6.07, 6.45) is 5.78. The number of nitrogens with two attached hydrogens (primary N) is 5. The van der Waals surface area contributed by atoms with Crippen molar-refractivity contribution in [2.75, 3.05) is 82.4 Å². The van der Waals surface area contributed by atoms with E-state index in [1.54, 1.807) is 6.07 Å². The number of carbonyl (C=O) groups is 9. The van der Waals surface area contributed by atoms with Crippen LogP contribution in [0.1, 0.15) is 131 Å². The van der Waals surface area contributed by atoms with E-state index in [1.807, 2.05) is 0 Å². The fraction of sp³-hybridized carbons (Fsp3) is 0.450. The predicted octanol–water partition coefficient (Wildman–Crippen LogP) is 3.31. The number of hydrogen-bond donors (Lipinski definition) is 14. The molecular formula is C60H85N13O14. The van der Waals surface area contributed by atoms with E-state index < -0.39 is 77.4 Å². The van der Waals surface area contributed by atoms with Crippen LogP contribution in [0.25, 0.3) is 0 Å². The second-order valence-electron chi connectivity index (χ2n) is 20.2. The fourth-order valence-corrected chi connectivity index (χ4v) is 8.96. The topological polar surface area (TPSA) is 437 Å². The van der Waals surface area contributed by atoms with Crippen molar-refractivity contribution in [3.8, 4) is 23.0 Å². The average molecular weight is 1210 g/mol. The summed E-state index contributed by atoms with van der Waals surface area (Å²) in [4.78, 5) is 122. The molecule has 0 aliphatic heterocycles. The number of methoxy groups -OCH3 is 4. The van der Waals surface area contributed by atoms with Crippen molar-refractivity contribution >= 4 is 76.0 Å². The number of nitrogens with one attached hydrogen (secondary N) is 8.